The molecule has 4 aromatic carbocycles. The predicted molar refractivity (Wildman–Crippen MR) is 113 cm³/mol. The number of phenolic OH excluding ortho intramolecular Hbond substituents is 4. The van der Waals surface area contributed by atoms with Crippen molar-refractivity contribution in [3.05, 3.63) is 83.9 Å². The molecule has 160 valence electrons. The van der Waals surface area contributed by atoms with Gasteiger partial charge in [0.25, 0.3) is 0 Å². The summed E-state index contributed by atoms with van der Waals surface area (Å²) in [5.74, 6) is -2.43. The lowest BCUT2D eigenvalue weighted by atomic mass is 10.1. The molecule has 0 atom stereocenters. The van der Waals surface area contributed by atoms with Crippen LogP contribution in [0, 0.1) is 0 Å². The van der Waals surface area contributed by atoms with Gasteiger partial charge in [0.1, 0.15) is 34.5 Å². The summed E-state index contributed by atoms with van der Waals surface area (Å²) in [7, 11) is 0. The van der Waals surface area contributed by atoms with E-state index >= 15 is 0 Å². The van der Waals surface area contributed by atoms with E-state index in [0.717, 1.165) is 36.4 Å². The number of ether oxygens (including phenoxy) is 2. The standard InChI is InChI=1S/C24H16O8/c25-15-7-13(8-16(26)11-15)23(29)31-21-5-6-22(20-4-2-1-3-19(20)21)32-24(30)14-9-17(27)12-18(28)10-14/h1-12,25-28H. The average Bonchev–Trinajstić information content (AvgIpc) is 2.74. The maximum atomic E-state index is 12.5. The van der Waals surface area contributed by atoms with Crippen LogP contribution in [0.2, 0.25) is 0 Å². The SMILES string of the molecule is O=C(Oc1ccc(OC(=O)c2cc(O)cc(O)c2)c2ccccc12)c1cc(O)cc(O)c1. The fraction of sp³-hybridized carbons (Fsp3) is 0. The first-order valence-electron chi connectivity index (χ1n) is 9.32. The highest BCUT2D eigenvalue weighted by Crippen LogP contribution is 2.34. The molecule has 4 rings (SSSR count). The Kier molecular flexibility index (Phi) is 5.26. The first kappa shape index (κ1) is 20.5. The Hall–Kier alpha value is -4.72. The lowest BCUT2D eigenvalue weighted by molar-refractivity contribution is 0.0722. The van der Waals surface area contributed by atoms with Crippen molar-refractivity contribution in [1.82, 2.24) is 0 Å². The highest BCUT2D eigenvalue weighted by atomic mass is 16.5. The maximum Gasteiger partial charge on any atom is 0.343 e. The van der Waals surface area contributed by atoms with Gasteiger partial charge in [-0.2, -0.15) is 0 Å². The summed E-state index contributed by atoms with van der Waals surface area (Å²) in [6.07, 6.45) is 0. The number of esters is 2. The topological polar surface area (TPSA) is 134 Å². The number of hydrogen-bond acceptors (Lipinski definition) is 8. The van der Waals surface area contributed by atoms with Crippen LogP contribution in [0.5, 0.6) is 34.5 Å². The monoisotopic (exact) mass is 432 g/mol. The van der Waals surface area contributed by atoms with Crippen LogP contribution >= 0.6 is 0 Å². The summed E-state index contributed by atoms with van der Waals surface area (Å²) in [5, 5.41) is 39.3. The number of carbonyl (C=O) groups excluding carboxylic acids is 2. The second kappa shape index (κ2) is 8.19. The Bertz CT molecular complexity index is 1220. The van der Waals surface area contributed by atoms with Gasteiger partial charge in [-0.15, -0.1) is 0 Å². The highest BCUT2D eigenvalue weighted by Gasteiger charge is 2.17. The largest absolute Gasteiger partial charge is 0.508 e. The number of hydrogen-bond donors (Lipinski definition) is 4. The van der Waals surface area contributed by atoms with Gasteiger partial charge in [0.05, 0.1) is 11.1 Å². The summed E-state index contributed by atoms with van der Waals surface area (Å²) >= 11 is 0. The molecule has 0 saturated heterocycles. The van der Waals surface area contributed by atoms with E-state index in [1.807, 2.05) is 0 Å². The summed E-state index contributed by atoms with van der Waals surface area (Å²) in [6.45, 7) is 0. The van der Waals surface area contributed by atoms with Gasteiger partial charge in [-0.25, -0.2) is 9.59 Å². The van der Waals surface area contributed by atoms with Crippen molar-refractivity contribution in [2.75, 3.05) is 0 Å². The Labute approximate surface area is 181 Å². The lowest BCUT2D eigenvalue weighted by Crippen LogP contribution is -2.10. The van der Waals surface area contributed by atoms with Gasteiger partial charge in [0, 0.05) is 22.9 Å². The van der Waals surface area contributed by atoms with Crippen molar-refractivity contribution in [3.8, 4) is 34.5 Å². The van der Waals surface area contributed by atoms with Crippen molar-refractivity contribution in [2.45, 2.75) is 0 Å². The molecule has 0 saturated carbocycles. The molecule has 0 bridgehead atoms. The van der Waals surface area contributed by atoms with Crippen LogP contribution in [0.15, 0.2) is 72.8 Å². The van der Waals surface area contributed by atoms with E-state index in [1.165, 1.54) is 12.1 Å². The molecule has 0 aliphatic heterocycles. The zero-order chi connectivity index (χ0) is 22.8. The van der Waals surface area contributed by atoms with E-state index in [4.69, 9.17) is 9.47 Å². The molecule has 0 spiro atoms. The first-order chi connectivity index (χ1) is 15.3. The Morgan fingerprint density at radius 3 is 1.22 bits per heavy atom. The van der Waals surface area contributed by atoms with Crippen molar-refractivity contribution >= 4 is 22.7 Å². The smallest absolute Gasteiger partial charge is 0.343 e. The van der Waals surface area contributed by atoms with Crippen LogP contribution in [0.3, 0.4) is 0 Å². The van der Waals surface area contributed by atoms with E-state index in [2.05, 4.69) is 0 Å². The first-order valence-corrected chi connectivity index (χ1v) is 9.32. The molecule has 0 amide bonds. The quantitative estimate of drug-likeness (QED) is 0.280. The molecule has 4 aromatic rings. The number of phenols is 4. The molecule has 8 nitrogen and oxygen atoms in total. The number of rotatable bonds is 4. The Morgan fingerprint density at radius 2 is 0.875 bits per heavy atom. The zero-order valence-electron chi connectivity index (χ0n) is 16.4. The number of fused-ring (bicyclic) bond motifs is 1. The normalized spacial score (nSPS) is 10.6. The number of carbonyl (C=O) groups is 2. The fourth-order valence-corrected chi connectivity index (χ4v) is 3.17. The summed E-state index contributed by atoms with van der Waals surface area (Å²) in [6, 6.07) is 16.4. The molecular weight excluding hydrogens is 416 g/mol. The van der Waals surface area contributed by atoms with Crippen LogP contribution < -0.4 is 9.47 Å². The summed E-state index contributed by atoms with van der Waals surface area (Å²) in [5.41, 5.74) is -0.100. The van der Waals surface area contributed by atoms with Gasteiger partial charge < -0.3 is 29.9 Å². The third-order valence-corrected chi connectivity index (χ3v) is 4.53. The van der Waals surface area contributed by atoms with E-state index in [0.29, 0.717) is 10.8 Å². The minimum atomic E-state index is -0.804. The predicted octanol–water partition coefficient (Wildman–Crippen LogP) is 4.10. The second-order valence-electron chi connectivity index (χ2n) is 6.86. The third kappa shape index (κ3) is 4.24. The fourth-order valence-electron chi connectivity index (χ4n) is 3.17. The van der Waals surface area contributed by atoms with Crippen molar-refractivity contribution < 1.29 is 39.5 Å². The number of aromatic hydroxyl groups is 4. The third-order valence-electron chi connectivity index (χ3n) is 4.53. The van der Waals surface area contributed by atoms with Gasteiger partial charge in [0.15, 0.2) is 0 Å². The van der Waals surface area contributed by atoms with Gasteiger partial charge >= 0.3 is 11.9 Å². The second-order valence-corrected chi connectivity index (χ2v) is 6.86. The summed E-state index contributed by atoms with van der Waals surface area (Å²) in [4.78, 5) is 25.0. The molecule has 0 radical (unpaired) electrons. The molecule has 0 aliphatic rings. The van der Waals surface area contributed by atoms with Gasteiger partial charge in [-0.1, -0.05) is 24.3 Å². The minimum absolute atomic E-state index is 0.0502. The van der Waals surface area contributed by atoms with Crippen LogP contribution in [-0.4, -0.2) is 32.4 Å². The molecule has 0 aliphatic carbocycles. The van der Waals surface area contributed by atoms with E-state index in [9.17, 15) is 30.0 Å². The van der Waals surface area contributed by atoms with E-state index in [1.54, 1.807) is 24.3 Å². The van der Waals surface area contributed by atoms with Crippen molar-refractivity contribution in [1.29, 1.82) is 0 Å². The summed E-state index contributed by atoms with van der Waals surface area (Å²) < 4.78 is 10.9. The van der Waals surface area contributed by atoms with Crippen LogP contribution in [0.1, 0.15) is 20.7 Å². The van der Waals surface area contributed by atoms with Crippen molar-refractivity contribution in [2.24, 2.45) is 0 Å². The molecule has 8 heteroatoms. The molecule has 32 heavy (non-hydrogen) atoms. The van der Waals surface area contributed by atoms with Crippen molar-refractivity contribution in [3.63, 3.8) is 0 Å². The van der Waals surface area contributed by atoms with E-state index < -0.39 is 11.9 Å². The maximum absolute atomic E-state index is 12.5. The minimum Gasteiger partial charge on any atom is -0.508 e. The molecule has 0 unspecified atom stereocenters. The van der Waals surface area contributed by atoms with Crippen LogP contribution in [-0.2, 0) is 0 Å². The molecule has 0 heterocycles. The van der Waals surface area contributed by atoms with Crippen LogP contribution in [0.4, 0.5) is 0 Å². The lowest BCUT2D eigenvalue weighted by Gasteiger charge is -2.12. The molecule has 0 aromatic heterocycles. The number of benzene rings is 4. The molecule has 0 fully saturated rings. The van der Waals surface area contributed by atoms with Crippen LogP contribution in [0.25, 0.3) is 10.8 Å². The highest BCUT2D eigenvalue weighted by molar-refractivity contribution is 6.00. The Balaban J connectivity index is 1.65. The molecule has 4 N–H and O–H groups in total. The van der Waals surface area contributed by atoms with Gasteiger partial charge in [-0.05, 0) is 36.4 Å². The molecular formula is C24H16O8. The Morgan fingerprint density at radius 1 is 0.531 bits per heavy atom. The van der Waals surface area contributed by atoms with E-state index in [-0.39, 0.29) is 45.6 Å². The van der Waals surface area contributed by atoms with Gasteiger partial charge in [-0.3, -0.25) is 0 Å². The zero-order valence-corrected chi connectivity index (χ0v) is 16.4. The average molecular weight is 432 g/mol. The van der Waals surface area contributed by atoms with Gasteiger partial charge in [0.2, 0.25) is 0 Å².